The standard InChI is InChI=1S/C18H20ClNO4S/c1-12-8-10-14(11-9-12)25(22,23)20-17(18(21)24-3)16(19)15-7-5-4-6-13(15)2/h4-11,16-17,20H,1-3H3/t16-,17-/m0/s1. The van der Waals surface area contributed by atoms with Crippen molar-refractivity contribution in [1.29, 1.82) is 0 Å². The number of carbonyl (C=O) groups is 1. The summed E-state index contributed by atoms with van der Waals surface area (Å²) < 4.78 is 32.4. The van der Waals surface area contributed by atoms with Crippen molar-refractivity contribution < 1.29 is 17.9 Å². The van der Waals surface area contributed by atoms with Crippen LogP contribution in [-0.4, -0.2) is 27.5 Å². The zero-order chi connectivity index (χ0) is 18.6. The van der Waals surface area contributed by atoms with E-state index in [0.29, 0.717) is 5.56 Å². The summed E-state index contributed by atoms with van der Waals surface area (Å²) in [5.74, 6) is -0.751. The van der Waals surface area contributed by atoms with Gasteiger partial charge in [0.05, 0.1) is 17.4 Å². The van der Waals surface area contributed by atoms with Crippen LogP contribution >= 0.6 is 11.6 Å². The maximum absolute atomic E-state index is 12.6. The Morgan fingerprint density at radius 2 is 1.68 bits per heavy atom. The number of hydrogen-bond acceptors (Lipinski definition) is 4. The molecule has 0 aliphatic carbocycles. The molecule has 1 N–H and O–H groups in total. The van der Waals surface area contributed by atoms with Crippen molar-refractivity contribution in [3.8, 4) is 0 Å². The summed E-state index contributed by atoms with van der Waals surface area (Å²) in [6.45, 7) is 3.70. The Labute approximate surface area is 153 Å². The van der Waals surface area contributed by atoms with Crippen molar-refractivity contribution in [1.82, 2.24) is 4.72 Å². The molecular weight excluding hydrogens is 362 g/mol. The third-order valence-electron chi connectivity index (χ3n) is 3.85. The van der Waals surface area contributed by atoms with Gasteiger partial charge in [-0.05, 0) is 37.1 Å². The number of hydrogen-bond donors (Lipinski definition) is 1. The van der Waals surface area contributed by atoms with Crippen molar-refractivity contribution in [2.45, 2.75) is 30.2 Å². The van der Waals surface area contributed by atoms with Gasteiger partial charge in [0.15, 0.2) is 0 Å². The molecule has 2 rings (SSSR count). The van der Waals surface area contributed by atoms with E-state index in [1.807, 2.05) is 26.0 Å². The normalized spacial score (nSPS) is 13.9. The van der Waals surface area contributed by atoms with Crippen LogP contribution < -0.4 is 4.72 Å². The Kier molecular flexibility index (Phi) is 6.21. The molecule has 25 heavy (non-hydrogen) atoms. The molecule has 0 radical (unpaired) electrons. The lowest BCUT2D eigenvalue weighted by atomic mass is 10.0. The van der Waals surface area contributed by atoms with Crippen LogP contribution in [0.4, 0.5) is 0 Å². The fraction of sp³-hybridized carbons (Fsp3) is 0.278. The summed E-state index contributed by atoms with van der Waals surface area (Å²) in [5.41, 5.74) is 2.44. The lowest BCUT2D eigenvalue weighted by Gasteiger charge is -2.23. The van der Waals surface area contributed by atoms with Gasteiger partial charge in [-0.25, -0.2) is 8.42 Å². The molecule has 134 valence electrons. The van der Waals surface area contributed by atoms with Crippen molar-refractivity contribution in [3.05, 3.63) is 65.2 Å². The lowest BCUT2D eigenvalue weighted by Crippen LogP contribution is -2.44. The first-order valence-electron chi connectivity index (χ1n) is 7.62. The van der Waals surface area contributed by atoms with Crippen LogP contribution in [0.25, 0.3) is 0 Å². The van der Waals surface area contributed by atoms with Crippen LogP contribution in [0.1, 0.15) is 22.1 Å². The van der Waals surface area contributed by atoms with Crippen molar-refractivity contribution >= 4 is 27.6 Å². The SMILES string of the molecule is COC(=O)[C@@H](NS(=O)(=O)c1ccc(C)cc1)[C@@H](Cl)c1ccccc1C. The van der Waals surface area contributed by atoms with E-state index in [1.165, 1.54) is 19.2 Å². The molecule has 0 saturated carbocycles. The first kappa shape index (κ1) is 19.4. The second kappa shape index (κ2) is 7.99. The van der Waals surface area contributed by atoms with Gasteiger partial charge in [0.2, 0.25) is 10.0 Å². The summed E-state index contributed by atoms with van der Waals surface area (Å²) in [5, 5.41) is -0.908. The minimum atomic E-state index is -3.93. The largest absolute Gasteiger partial charge is 0.468 e. The van der Waals surface area contributed by atoms with Gasteiger partial charge in [-0.15, -0.1) is 11.6 Å². The van der Waals surface area contributed by atoms with Gasteiger partial charge < -0.3 is 4.74 Å². The summed E-state index contributed by atoms with van der Waals surface area (Å²) >= 11 is 6.44. The number of methoxy groups -OCH3 is 1. The Hall–Kier alpha value is -1.89. The number of sulfonamides is 1. The predicted octanol–water partition coefficient (Wildman–Crippen LogP) is 3.10. The van der Waals surface area contributed by atoms with Gasteiger partial charge in [-0.3, -0.25) is 4.79 Å². The predicted molar refractivity (Wildman–Crippen MR) is 97.1 cm³/mol. The Morgan fingerprint density at radius 1 is 1.08 bits per heavy atom. The maximum Gasteiger partial charge on any atom is 0.325 e. The van der Waals surface area contributed by atoms with Crippen LogP contribution in [0.3, 0.4) is 0 Å². The number of halogens is 1. The summed E-state index contributed by atoms with van der Waals surface area (Å²) in [6, 6.07) is 12.3. The highest BCUT2D eigenvalue weighted by Gasteiger charge is 2.34. The molecule has 7 heteroatoms. The highest BCUT2D eigenvalue weighted by atomic mass is 35.5. The van der Waals surface area contributed by atoms with E-state index >= 15 is 0 Å². The molecule has 0 unspecified atom stereocenters. The van der Waals surface area contributed by atoms with E-state index in [0.717, 1.165) is 11.1 Å². The topological polar surface area (TPSA) is 72.5 Å². The van der Waals surface area contributed by atoms with Crippen molar-refractivity contribution in [3.63, 3.8) is 0 Å². The van der Waals surface area contributed by atoms with E-state index in [-0.39, 0.29) is 4.90 Å². The molecule has 2 aromatic rings. The fourth-order valence-corrected chi connectivity index (χ4v) is 4.07. The maximum atomic E-state index is 12.6. The number of esters is 1. The molecule has 0 aliphatic rings. The second-order valence-electron chi connectivity index (χ2n) is 5.69. The number of aryl methyl sites for hydroxylation is 2. The summed E-state index contributed by atoms with van der Waals surface area (Å²) in [7, 11) is -2.74. The fourth-order valence-electron chi connectivity index (χ4n) is 2.38. The van der Waals surface area contributed by atoms with E-state index in [1.54, 1.807) is 24.3 Å². The van der Waals surface area contributed by atoms with E-state index in [4.69, 9.17) is 16.3 Å². The molecule has 2 atom stereocenters. The Bertz CT molecular complexity index is 850. The molecule has 0 aromatic heterocycles. The number of alkyl halides is 1. The molecular formula is C18H20ClNO4S. The average molecular weight is 382 g/mol. The molecule has 2 aromatic carbocycles. The minimum absolute atomic E-state index is 0.0562. The number of rotatable bonds is 6. The van der Waals surface area contributed by atoms with Crippen LogP contribution in [0.5, 0.6) is 0 Å². The van der Waals surface area contributed by atoms with Crippen LogP contribution in [0, 0.1) is 13.8 Å². The first-order valence-corrected chi connectivity index (χ1v) is 9.54. The molecule has 0 spiro atoms. The van der Waals surface area contributed by atoms with Crippen molar-refractivity contribution in [2.75, 3.05) is 7.11 Å². The van der Waals surface area contributed by atoms with E-state index in [2.05, 4.69) is 4.72 Å². The molecule has 0 fully saturated rings. The smallest absolute Gasteiger partial charge is 0.325 e. The summed E-state index contributed by atoms with van der Waals surface area (Å²) in [6.07, 6.45) is 0. The number of carbonyl (C=O) groups excluding carboxylic acids is 1. The van der Waals surface area contributed by atoms with Crippen LogP contribution in [-0.2, 0) is 19.6 Å². The van der Waals surface area contributed by atoms with Crippen LogP contribution in [0.15, 0.2) is 53.4 Å². The zero-order valence-corrected chi connectivity index (χ0v) is 15.8. The second-order valence-corrected chi connectivity index (χ2v) is 7.88. The monoisotopic (exact) mass is 381 g/mol. The van der Waals surface area contributed by atoms with Gasteiger partial charge in [-0.1, -0.05) is 42.0 Å². The van der Waals surface area contributed by atoms with Gasteiger partial charge in [0, 0.05) is 0 Å². The quantitative estimate of drug-likeness (QED) is 0.616. The van der Waals surface area contributed by atoms with Crippen LogP contribution in [0.2, 0.25) is 0 Å². The molecule has 0 amide bonds. The first-order chi connectivity index (χ1) is 11.8. The zero-order valence-electron chi connectivity index (χ0n) is 14.2. The number of nitrogens with one attached hydrogen (secondary N) is 1. The van der Waals surface area contributed by atoms with Gasteiger partial charge in [0.1, 0.15) is 6.04 Å². The lowest BCUT2D eigenvalue weighted by molar-refractivity contribution is -0.142. The number of benzene rings is 2. The van der Waals surface area contributed by atoms with Crippen molar-refractivity contribution in [2.24, 2.45) is 0 Å². The van der Waals surface area contributed by atoms with Gasteiger partial charge >= 0.3 is 5.97 Å². The third-order valence-corrected chi connectivity index (χ3v) is 5.79. The Balaban J connectivity index is 2.37. The molecule has 0 heterocycles. The van der Waals surface area contributed by atoms with Gasteiger partial charge in [-0.2, -0.15) is 4.72 Å². The highest BCUT2D eigenvalue weighted by Crippen LogP contribution is 2.29. The van der Waals surface area contributed by atoms with E-state index in [9.17, 15) is 13.2 Å². The molecule has 5 nitrogen and oxygen atoms in total. The average Bonchev–Trinajstić information content (AvgIpc) is 2.59. The highest BCUT2D eigenvalue weighted by molar-refractivity contribution is 7.89. The third kappa shape index (κ3) is 4.60. The molecule has 0 aliphatic heterocycles. The Morgan fingerprint density at radius 3 is 2.24 bits per heavy atom. The molecule has 0 bridgehead atoms. The van der Waals surface area contributed by atoms with E-state index < -0.39 is 27.4 Å². The summed E-state index contributed by atoms with van der Waals surface area (Å²) in [4.78, 5) is 12.2. The number of ether oxygens (including phenoxy) is 1. The minimum Gasteiger partial charge on any atom is -0.468 e. The molecule has 0 saturated heterocycles. The van der Waals surface area contributed by atoms with Gasteiger partial charge in [0.25, 0.3) is 0 Å².